The van der Waals surface area contributed by atoms with Gasteiger partial charge in [0.05, 0.1) is 12.2 Å². The first-order valence-corrected chi connectivity index (χ1v) is 15.1. The highest BCUT2D eigenvalue weighted by Crippen LogP contribution is 2.50. The Morgan fingerprint density at radius 3 is 2.29 bits per heavy atom. The van der Waals surface area contributed by atoms with Crippen molar-refractivity contribution in [2.75, 3.05) is 13.2 Å². The number of para-hydroxylation sites is 1. The Hall–Kier alpha value is -4.05. The second-order valence-corrected chi connectivity index (χ2v) is 12.8. The molecule has 1 unspecified atom stereocenters. The molecule has 1 aliphatic rings. The van der Waals surface area contributed by atoms with Crippen LogP contribution in [0.4, 0.5) is 0 Å². The van der Waals surface area contributed by atoms with E-state index in [0.29, 0.717) is 24.6 Å². The Morgan fingerprint density at radius 1 is 0.952 bits per heavy atom. The Labute approximate surface area is 250 Å². The second-order valence-electron chi connectivity index (χ2n) is 12.8. The third-order valence-electron chi connectivity index (χ3n) is 8.86. The van der Waals surface area contributed by atoms with Crippen LogP contribution < -0.4 is 10.1 Å². The van der Waals surface area contributed by atoms with Gasteiger partial charge in [0.25, 0.3) is 5.91 Å². The van der Waals surface area contributed by atoms with Crippen molar-refractivity contribution in [2.24, 2.45) is 5.41 Å². The molecule has 4 heteroatoms. The minimum atomic E-state index is -0.247. The molecular weight excluding hydrogens is 518 g/mol. The van der Waals surface area contributed by atoms with Gasteiger partial charge in [0.2, 0.25) is 0 Å². The summed E-state index contributed by atoms with van der Waals surface area (Å²) in [6.07, 6.45) is 1.68. The molecule has 0 spiro atoms. The Balaban J connectivity index is 1.47. The van der Waals surface area contributed by atoms with Gasteiger partial charge in [0, 0.05) is 23.6 Å². The van der Waals surface area contributed by atoms with Gasteiger partial charge >= 0.3 is 0 Å². The zero-order chi connectivity index (χ0) is 30.0. The number of hydrogen-bond donors (Lipinski definition) is 2. The van der Waals surface area contributed by atoms with Crippen molar-refractivity contribution in [3.05, 3.63) is 118 Å². The molecular formula is C38H43NO3. The number of hydrogen-bond acceptors (Lipinski definition) is 3. The SMILES string of the molecule is Cc1c(CC(C)(C)CCNC(=O)c2ccccc2O)c(C)c2c(c1-c1ccccc1)OCC2c1ccc(C(C)C)cc1. The molecule has 2 N–H and O–H groups in total. The van der Waals surface area contributed by atoms with Crippen molar-refractivity contribution in [1.29, 1.82) is 0 Å². The van der Waals surface area contributed by atoms with Crippen LogP contribution in [0.5, 0.6) is 11.5 Å². The first-order chi connectivity index (χ1) is 20.1. The number of nitrogens with one attached hydrogen (secondary N) is 1. The summed E-state index contributed by atoms with van der Waals surface area (Å²) >= 11 is 0. The van der Waals surface area contributed by atoms with Gasteiger partial charge in [-0.3, -0.25) is 4.79 Å². The molecule has 0 radical (unpaired) electrons. The predicted molar refractivity (Wildman–Crippen MR) is 172 cm³/mol. The molecule has 1 heterocycles. The van der Waals surface area contributed by atoms with Crippen LogP contribution >= 0.6 is 0 Å². The van der Waals surface area contributed by atoms with Crippen LogP contribution in [0.25, 0.3) is 11.1 Å². The number of carbonyl (C=O) groups is 1. The van der Waals surface area contributed by atoms with Crippen LogP contribution in [0.1, 0.15) is 89.7 Å². The fourth-order valence-electron chi connectivity index (χ4n) is 6.33. The molecule has 0 aromatic heterocycles. The minimum absolute atomic E-state index is 0.00251. The van der Waals surface area contributed by atoms with Crippen molar-refractivity contribution < 1.29 is 14.6 Å². The molecule has 4 aromatic carbocycles. The van der Waals surface area contributed by atoms with Gasteiger partial charge < -0.3 is 15.2 Å². The highest BCUT2D eigenvalue weighted by Gasteiger charge is 2.34. The lowest BCUT2D eigenvalue weighted by Gasteiger charge is -2.29. The maximum atomic E-state index is 12.7. The van der Waals surface area contributed by atoms with Crippen molar-refractivity contribution in [1.82, 2.24) is 5.32 Å². The molecule has 0 saturated heterocycles. The first kappa shape index (κ1) is 29.4. The summed E-state index contributed by atoms with van der Waals surface area (Å²) in [7, 11) is 0. The number of phenolic OH excluding ortho intramolecular Hbond substituents is 1. The lowest BCUT2D eigenvalue weighted by Crippen LogP contribution is -2.29. The van der Waals surface area contributed by atoms with Gasteiger partial charge in [-0.05, 0) is 83.5 Å². The summed E-state index contributed by atoms with van der Waals surface area (Å²) in [5.74, 6) is 1.46. The maximum absolute atomic E-state index is 12.7. The largest absolute Gasteiger partial charge is 0.507 e. The van der Waals surface area contributed by atoms with E-state index in [1.165, 1.54) is 50.6 Å². The molecule has 0 bridgehead atoms. The smallest absolute Gasteiger partial charge is 0.255 e. The van der Waals surface area contributed by atoms with E-state index in [4.69, 9.17) is 4.74 Å². The standard InChI is InChI=1S/C38H43NO3/c1-24(2)27-16-18-28(19-17-27)32-23-42-36-34(29-12-8-7-9-13-29)25(3)31(26(4)35(32)36)22-38(5,6)20-21-39-37(41)30-14-10-11-15-33(30)40/h7-19,24,32,40H,20-23H2,1-6H3,(H,39,41). The summed E-state index contributed by atoms with van der Waals surface area (Å²) in [4.78, 5) is 12.7. The average Bonchev–Trinajstić information content (AvgIpc) is 3.41. The molecule has 1 atom stereocenters. The van der Waals surface area contributed by atoms with E-state index >= 15 is 0 Å². The van der Waals surface area contributed by atoms with Gasteiger partial charge in [-0.2, -0.15) is 0 Å². The summed E-state index contributed by atoms with van der Waals surface area (Å²) in [6.45, 7) is 14.7. The number of phenols is 1. The molecule has 0 fully saturated rings. The highest BCUT2D eigenvalue weighted by molar-refractivity contribution is 5.96. The monoisotopic (exact) mass is 561 g/mol. The first-order valence-electron chi connectivity index (χ1n) is 15.1. The number of carbonyl (C=O) groups excluding carboxylic acids is 1. The van der Waals surface area contributed by atoms with Gasteiger partial charge in [0.15, 0.2) is 0 Å². The average molecular weight is 562 g/mol. The van der Waals surface area contributed by atoms with Crippen LogP contribution in [0, 0.1) is 19.3 Å². The molecule has 0 aliphatic carbocycles. The summed E-state index contributed by atoms with van der Waals surface area (Å²) in [5.41, 5.74) is 10.5. The van der Waals surface area contributed by atoms with Crippen molar-refractivity contribution in [3.63, 3.8) is 0 Å². The van der Waals surface area contributed by atoms with E-state index < -0.39 is 0 Å². The fraction of sp³-hybridized carbons (Fsp3) is 0.342. The summed E-state index contributed by atoms with van der Waals surface area (Å²) in [6, 6.07) is 26.3. The van der Waals surface area contributed by atoms with Gasteiger partial charge in [0.1, 0.15) is 11.5 Å². The van der Waals surface area contributed by atoms with Crippen LogP contribution in [0.3, 0.4) is 0 Å². The molecule has 42 heavy (non-hydrogen) atoms. The highest BCUT2D eigenvalue weighted by atomic mass is 16.5. The lowest BCUT2D eigenvalue weighted by molar-refractivity contribution is 0.0946. The Kier molecular flexibility index (Phi) is 8.45. The van der Waals surface area contributed by atoms with Gasteiger partial charge in [-0.15, -0.1) is 0 Å². The normalized spacial score (nSPS) is 14.5. The lowest BCUT2D eigenvalue weighted by atomic mass is 9.76. The molecule has 0 saturated carbocycles. The van der Waals surface area contributed by atoms with E-state index in [2.05, 4.69) is 101 Å². The predicted octanol–water partition coefficient (Wildman–Crippen LogP) is 8.71. The number of ether oxygens (including phenoxy) is 1. The van der Waals surface area contributed by atoms with E-state index in [1.54, 1.807) is 18.2 Å². The Morgan fingerprint density at radius 2 is 1.62 bits per heavy atom. The topological polar surface area (TPSA) is 58.6 Å². The zero-order valence-corrected chi connectivity index (χ0v) is 25.8. The van der Waals surface area contributed by atoms with Crippen LogP contribution in [-0.2, 0) is 6.42 Å². The molecule has 1 aliphatic heterocycles. The number of rotatable bonds is 9. The van der Waals surface area contributed by atoms with Crippen LogP contribution in [-0.4, -0.2) is 24.2 Å². The van der Waals surface area contributed by atoms with E-state index in [-0.39, 0.29) is 23.0 Å². The third-order valence-corrected chi connectivity index (χ3v) is 8.86. The van der Waals surface area contributed by atoms with Crippen LogP contribution in [0.15, 0.2) is 78.9 Å². The number of benzene rings is 4. The van der Waals surface area contributed by atoms with Crippen molar-refractivity contribution in [3.8, 4) is 22.6 Å². The quantitative estimate of drug-likeness (QED) is 0.215. The number of aromatic hydroxyl groups is 1. The van der Waals surface area contributed by atoms with Gasteiger partial charge in [-0.1, -0.05) is 94.4 Å². The molecule has 4 aromatic rings. The van der Waals surface area contributed by atoms with Crippen molar-refractivity contribution >= 4 is 5.91 Å². The van der Waals surface area contributed by atoms with E-state index in [0.717, 1.165) is 18.6 Å². The molecule has 218 valence electrons. The zero-order valence-electron chi connectivity index (χ0n) is 25.8. The number of amides is 1. The van der Waals surface area contributed by atoms with Gasteiger partial charge in [-0.25, -0.2) is 0 Å². The van der Waals surface area contributed by atoms with E-state index in [1.807, 2.05) is 0 Å². The van der Waals surface area contributed by atoms with E-state index in [9.17, 15) is 9.90 Å². The number of fused-ring (bicyclic) bond motifs is 1. The van der Waals surface area contributed by atoms with Crippen LogP contribution in [0.2, 0.25) is 0 Å². The minimum Gasteiger partial charge on any atom is -0.507 e. The summed E-state index contributed by atoms with van der Waals surface area (Å²) in [5, 5.41) is 13.1. The Bertz CT molecular complexity index is 1570. The van der Waals surface area contributed by atoms with Crippen molar-refractivity contribution in [2.45, 2.75) is 66.2 Å². The fourth-order valence-corrected chi connectivity index (χ4v) is 6.33. The molecule has 4 nitrogen and oxygen atoms in total. The second kappa shape index (κ2) is 12.1. The maximum Gasteiger partial charge on any atom is 0.255 e. The molecule has 5 rings (SSSR count). The third kappa shape index (κ3) is 5.94. The molecule has 1 amide bonds. The summed E-state index contributed by atoms with van der Waals surface area (Å²) < 4.78 is 6.55.